The molecule has 2 rings (SSSR count). The van der Waals surface area contributed by atoms with Crippen LogP contribution in [-0.4, -0.2) is 16.0 Å². The third kappa shape index (κ3) is 2.69. The lowest BCUT2D eigenvalue weighted by Gasteiger charge is -2.08. The molecule has 0 saturated heterocycles. The maximum absolute atomic E-state index is 11.8. The number of aliphatic hydroxyl groups is 1. The summed E-state index contributed by atoms with van der Waals surface area (Å²) in [5.41, 5.74) is 4.44. The van der Waals surface area contributed by atoms with Crippen LogP contribution in [0.2, 0.25) is 0 Å². The van der Waals surface area contributed by atoms with Crippen molar-refractivity contribution in [2.45, 2.75) is 13.5 Å². The molecule has 0 aliphatic carbocycles. The molecule has 0 atom stereocenters. The zero-order valence-corrected chi connectivity index (χ0v) is 10.1. The normalized spacial score (nSPS) is 10.2. The Bertz CT molecular complexity index is 523. The highest BCUT2D eigenvalue weighted by Gasteiger charge is 2.09. The molecule has 0 saturated carbocycles. The van der Waals surface area contributed by atoms with Crippen molar-refractivity contribution >= 4 is 22.9 Å². The maximum Gasteiger partial charge on any atom is 0.275 e. The van der Waals surface area contributed by atoms with Gasteiger partial charge in [0.2, 0.25) is 0 Å². The van der Waals surface area contributed by atoms with Gasteiger partial charge in [-0.1, -0.05) is 12.1 Å². The molecule has 1 amide bonds. The van der Waals surface area contributed by atoms with E-state index in [0.717, 1.165) is 11.1 Å². The van der Waals surface area contributed by atoms with Crippen LogP contribution in [0.25, 0.3) is 0 Å². The molecule has 2 aromatic rings. The second-order valence-corrected chi connectivity index (χ2v) is 4.35. The van der Waals surface area contributed by atoms with Crippen LogP contribution in [0.1, 0.15) is 21.6 Å². The molecular weight excluding hydrogens is 236 g/mol. The largest absolute Gasteiger partial charge is 0.392 e. The minimum absolute atomic E-state index is 0.0418. The van der Waals surface area contributed by atoms with Crippen molar-refractivity contribution in [2.75, 3.05) is 5.32 Å². The van der Waals surface area contributed by atoms with E-state index in [-0.39, 0.29) is 12.5 Å². The number of benzene rings is 1. The smallest absolute Gasteiger partial charge is 0.275 e. The molecule has 0 bridgehead atoms. The van der Waals surface area contributed by atoms with Gasteiger partial charge in [0.25, 0.3) is 5.91 Å². The third-order valence-electron chi connectivity index (χ3n) is 2.40. The minimum atomic E-state index is -0.232. The summed E-state index contributed by atoms with van der Waals surface area (Å²) in [5, 5.41) is 13.5. The van der Waals surface area contributed by atoms with Crippen LogP contribution in [0.3, 0.4) is 0 Å². The number of carbonyl (C=O) groups is 1. The lowest BCUT2D eigenvalue weighted by molar-refractivity contribution is 0.102. The van der Waals surface area contributed by atoms with Crippen molar-refractivity contribution in [1.29, 1.82) is 0 Å². The van der Waals surface area contributed by atoms with E-state index < -0.39 is 0 Å². The van der Waals surface area contributed by atoms with Gasteiger partial charge >= 0.3 is 0 Å². The molecular formula is C12H12N2O2S. The molecule has 0 spiro atoms. The first-order valence-corrected chi connectivity index (χ1v) is 6.05. The number of hydrogen-bond donors (Lipinski definition) is 2. The van der Waals surface area contributed by atoms with Crippen LogP contribution in [-0.2, 0) is 6.61 Å². The Kier molecular flexibility index (Phi) is 3.51. The van der Waals surface area contributed by atoms with Crippen LogP contribution in [0.4, 0.5) is 5.69 Å². The lowest BCUT2D eigenvalue weighted by Crippen LogP contribution is -2.13. The van der Waals surface area contributed by atoms with Crippen molar-refractivity contribution in [3.8, 4) is 0 Å². The fraction of sp³-hybridized carbons (Fsp3) is 0.167. The van der Waals surface area contributed by atoms with Crippen LogP contribution < -0.4 is 5.32 Å². The van der Waals surface area contributed by atoms with Gasteiger partial charge in [-0.3, -0.25) is 4.79 Å². The molecule has 88 valence electrons. The van der Waals surface area contributed by atoms with E-state index in [0.29, 0.717) is 11.4 Å². The van der Waals surface area contributed by atoms with Gasteiger partial charge in [-0.05, 0) is 24.1 Å². The van der Waals surface area contributed by atoms with Gasteiger partial charge < -0.3 is 10.4 Å². The van der Waals surface area contributed by atoms with Gasteiger partial charge in [0.15, 0.2) is 0 Å². The summed E-state index contributed by atoms with van der Waals surface area (Å²) in [6.07, 6.45) is 0. The number of thiazole rings is 1. The highest BCUT2D eigenvalue weighted by Crippen LogP contribution is 2.18. The highest BCUT2D eigenvalue weighted by molar-refractivity contribution is 7.07. The number of carbonyl (C=O) groups excluding carboxylic acids is 1. The summed E-state index contributed by atoms with van der Waals surface area (Å²) in [4.78, 5) is 15.7. The predicted molar refractivity (Wildman–Crippen MR) is 67.2 cm³/mol. The summed E-state index contributed by atoms with van der Waals surface area (Å²) in [7, 11) is 0. The van der Waals surface area contributed by atoms with Crippen LogP contribution in [0, 0.1) is 6.92 Å². The molecule has 1 heterocycles. The van der Waals surface area contributed by atoms with E-state index in [4.69, 9.17) is 5.11 Å². The van der Waals surface area contributed by atoms with Gasteiger partial charge in [-0.15, -0.1) is 11.3 Å². The van der Waals surface area contributed by atoms with Gasteiger partial charge in [-0.25, -0.2) is 4.98 Å². The number of rotatable bonds is 3. The van der Waals surface area contributed by atoms with Crippen molar-refractivity contribution in [3.05, 3.63) is 45.9 Å². The summed E-state index contributed by atoms with van der Waals surface area (Å²) in [5.74, 6) is -0.232. The summed E-state index contributed by atoms with van der Waals surface area (Å²) < 4.78 is 0. The number of anilines is 1. The Hall–Kier alpha value is -1.72. The zero-order valence-electron chi connectivity index (χ0n) is 9.30. The summed E-state index contributed by atoms with van der Waals surface area (Å²) in [6, 6.07) is 5.45. The topological polar surface area (TPSA) is 62.2 Å². The molecule has 5 heteroatoms. The summed E-state index contributed by atoms with van der Waals surface area (Å²) >= 11 is 1.38. The molecule has 0 aliphatic heterocycles. The second-order valence-electron chi connectivity index (χ2n) is 3.64. The number of aliphatic hydroxyl groups excluding tert-OH is 1. The second kappa shape index (κ2) is 5.07. The average molecular weight is 248 g/mol. The van der Waals surface area contributed by atoms with E-state index in [9.17, 15) is 4.79 Å². The molecule has 0 radical (unpaired) electrons. The first-order chi connectivity index (χ1) is 8.20. The number of nitrogens with one attached hydrogen (secondary N) is 1. The molecule has 0 fully saturated rings. The van der Waals surface area contributed by atoms with Crippen LogP contribution >= 0.6 is 11.3 Å². The number of aryl methyl sites for hydroxylation is 1. The molecule has 0 aliphatic rings. The molecule has 17 heavy (non-hydrogen) atoms. The summed E-state index contributed by atoms with van der Waals surface area (Å²) in [6.45, 7) is 1.86. The Morgan fingerprint density at radius 3 is 3.00 bits per heavy atom. The van der Waals surface area contributed by atoms with Gasteiger partial charge in [0.05, 0.1) is 12.1 Å². The monoisotopic (exact) mass is 248 g/mol. The zero-order chi connectivity index (χ0) is 12.3. The predicted octanol–water partition coefficient (Wildman–Crippen LogP) is 2.20. The number of nitrogens with zero attached hydrogens (tertiary/aromatic N) is 1. The third-order valence-corrected chi connectivity index (χ3v) is 2.98. The number of hydrogen-bond acceptors (Lipinski definition) is 4. The Balaban J connectivity index is 2.21. The van der Waals surface area contributed by atoms with E-state index in [2.05, 4.69) is 10.3 Å². The van der Waals surface area contributed by atoms with Crippen LogP contribution in [0.5, 0.6) is 0 Å². The molecule has 0 unspecified atom stereocenters. The lowest BCUT2D eigenvalue weighted by atomic mass is 10.1. The van der Waals surface area contributed by atoms with E-state index in [1.807, 2.05) is 19.1 Å². The fourth-order valence-electron chi connectivity index (χ4n) is 1.41. The number of amides is 1. The van der Waals surface area contributed by atoms with Gasteiger partial charge in [-0.2, -0.15) is 0 Å². The minimum Gasteiger partial charge on any atom is -0.392 e. The Morgan fingerprint density at radius 1 is 1.53 bits per heavy atom. The van der Waals surface area contributed by atoms with Gasteiger partial charge in [0, 0.05) is 11.1 Å². The van der Waals surface area contributed by atoms with Crippen molar-refractivity contribution < 1.29 is 9.90 Å². The molecule has 1 aromatic carbocycles. The number of aromatic nitrogens is 1. The highest BCUT2D eigenvalue weighted by atomic mass is 32.1. The molecule has 1 aromatic heterocycles. The van der Waals surface area contributed by atoms with Crippen molar-refractivity contribution in [1.82, 2.24) is 4.98 Å². The van der Waals surface area contributed by atoms with E-state index in [1.54, 1.807) is 17.0 Å². The van der Waals surface area contributed by atoms with E-state index in [1.165, 1.54) is 11.3 Å². The molecule has 2 N–H and O–H groups in total. The Labute approximate surface area is 103 Å². The first kappa shape index (κ1) is 11.8. The van der Waals surface area contributed by atoms with Crippen LogP contribution in [0.15, 0.2) is 29.1 Å². The Morgan fingerprint density at radius 2 is 2.35 bits per heavy atom. The van der Waals surface area contributed by atoms with Crippen molar-refractivity contribution in [3.63, 3.8) is 0 Å². The maximum atomic E-state index is 11.8. The molecule has 4 nitrogen and oxygen atoms in total. The van der Waals surface area contributed by atoms with Crippen molar-refractivity contribution in [2.24, 2.45) is 0 Å². The SMILES string of the molecule is Cc1ccc(CO)cc1NC(=O)c1cscn1. The average Bonchev–Trinajstić information content (AvgIpc) is 2.85. The first-order valence-electron chi connectivity index (χ1n) is 5.10. The standard InChI is InChI=1S/C12H12N2O2S/c1-8-2-3-9(5-15)4-10(8)14-12(16)11-6-17-7-13-11/h2-4,6-7,15H,5H2,1H3,(H,14,16). The quantitative estimate of drug-likeness (QED) is 0.875. The van der Waals surface area contributed by atoms with Gasteiger partial charge in [0.1, 0.15) is 5.69 Å². The van der Waals surface area contributed by atoms with E-state index >= 15 is 0 Å². The fourth-order valence-corrected chi connectivity index (χ4v) is 1.95.